The van der Waals surface area contributed by atoms with Crippen LogP contribution in [0.2, 0.25) is 5.02 Å². The summed E-state index contributed by atoms with van der Waals surface area (Å²) in [6.07, 6.45) is -4.59. The Balaban J connectivity index is 1.83. The summed E-state index contributed by atoms with van der Waals surface area (Å²) in [7, 11) is 3.20. The summed E-state index contributed by atoms with van der Waals surface area (Å²) in [4.78, 5) is 23.6. The molecule has 0 aliphatic carbocycles. The molecule has 156 valence electrons. The summed E-state index contributed by atoms with van der Waals surface area (Å²) in [5, 5.41) is 11.6. The normalized spacial score (nSPS) is 14.8. The maximum atomic E-state index is 13.2. The second kappa shape index (κ2) is 7.90. The fraction of sp³-hybridized carbons (Fsp3) is 0.412. The van der Waals surface area contributed by atoms with Crippen LogP contribution in [0.25, 0.3) is 0 Å². The van der Waals surface area contributed by atoms with E-state index in [0.717, 1.165) is 6.07 Å². The number of hydrogen-bond acceptors (Lipinski definition) is 7. The van der Waals surface area contributed by atoms with Gasteiger partial charge in [-0.1, -0.05) is 11.6 Å². The van der Waals surface area contributed by atoms with Crippen molar-refractivity contribution in [3.05, 3.63) is 45.1 Å². The Morgan fingerprint density at radius 3 is 2.28 bits per heavy atom. The van der Waals surface area contributed by atoms with Gasteiger partial charge < -0.3 is 14.7 Å². The maximum Gasteiger partial charge on any atom is 0.433 e. The van der Waals surface area contributed by atoms with Crippen molar-refractivity contribution in [2.75, 3.05) is 55.0 Å². The molecule has 1 saturated heterocycles. The zero-order chi connectivity index (χ0) is 21.3. The van der Waals surface area contributed by atoms with E-state index in [1.807, 2.05) is 0 Å². The van der Waals surface area contributed by atoms with Crippen molar-refractivity contribution in [3.63, 3.8) is 0 Å². The molecule has 0 bridgehead atoms. The van der Waals surface area contributed by atoms with Crippen LogP contribution in [-0.4, -0.2) is 55.2 Å². The number of rotatable bonds is 4. The fourth-order valence-corrected chi connectivity index (χ4v) is 3.16. The Labute approximate surface area is 169 Å². The summed E-state index contributed by atoms with van der Waals surface area (Å²) in [6, 6.07) is 5.32. The first-order valence-corrected chi connectivity index (χ1v) is 9.01. The van der Waals surface area contributed by atoms with Crippen LogP contribution >= 0.6 is 11.6 Å². The van der Waals surface area contributed by atoms with Crippen LogP contribution in [0, 0.1) is 10.1 Å². The van der Waals surface area contributed by atoms with E-state index < -0.39 is 16.8 Å². The molecule has 12 heteroatoms. The molecule has 0 saturated carbocycles. The van der Waals surface area contributed by atoms with Gasteiger partial charge in [-0.15, -0.1) is 0 Å². The lowest BCUT2D eigenvalue weighted by Crippen LogP contribution is -2.47. The molecule has 1 aromatic carbocycles. The molecule has 0 N–H and O–H groups in total. The first kappa shape index (κ1) is 20.9. The number of benzene rings is 1. The third kappa shape index (κ3) is 4.61. The summed E-state index contributed by atoms with van der Waals surface area (Å²) < 4.78 is 39.6. The lowest BCUT2D eigenvalue weighted by atomic mass is 10.2. The van der Waals surface area contributed by atoms with Crippen LogP contribution in [0.3, 0.4) is 0 Å². The highest BCUT2D eigenvalue weighted by atomic mass is 35.5. The van der Waals surface area contributed by atoms with Crippen molar-refractivity contribution in [1.82, 2.24) is 9.97 Å². The SMILES string of the molecule is CN(C)c1cc(C(F)(F)F)nc(N2CCN(c3ccc(Cl)cc3[N+](=O)[O-])CC2)n1. The van der Waals surface area contributed by atoms with E-state index in [4.69, 9.17) is 11.6 Å². The van der Waals surface area contributed by atoms with E-state index in [1.54, 1.807) is 36.0 Å². The molecule has 0 radical (unpaired) electrons. The molecule has 3 rings (SSSR count). The second-order valence-corrected chi connectivity index (χ2v) is 7.10. The summed E-state index contributed by atoms with van der Waals surface area (Å²) in [5.41, 5.74) is -0.712. The average Bonchev–Trinajstić information content (AvgIpc) is 2.67. The topological polar surface area (TPSA) is 78.6 Å². The number of piperazine rings is 1. The van der Waals surface area contributed by atoms with E-state index in [1.165, 1.54) is 11.0 Å². The van der Waals surface area contributed by atoms with Crippen molar-refractivity contribution in [1.29, 1.82) is 0 Å². The third-order valence-corrected chi connectivity index (χ3v) is 4.72. The second-order valence-electron chi connectivity index (χ2n) is 6.67. The van der Waals surface area contributed by atoms with Crippen molar-refractivity contribution in [2.24, 2.45) is 0 Å². The molecule has 2 aromatic rings. The average molecular weight is 431 g/mol. The van der Waals surface area contributed by atoms with Gasteiger partial charge >= 0.3 is 6.18 Å². The van der Waals surface area contributed by atoms with Crippen LogP contribution in [0.4, 0.5) is 36.3 Å². The Kier molecular flexibility index (Phi) is 5.69. The highest BCUT2D eigenvalue weighted by Crippen LogP contribution is 2.33. The quantitative estimate of drug-likeness (QED) is 0.543. The molecule has 1 aliphatic rings. The van der Waals surface area contributed by atoms with E-state index >= 15 is 0 Å². The Hall–Kier alpha value is -2.82. The van der Waals surface area contributed by atoms with Gasteiger partial charge in [0.25, 0.3) is 5.69 Å². The lowest BCUT2D eigenvalue weighted by molar-refractivity contribution is -0.384. The van der Waals surface area contributed by atoms with Crippen molar-refractivity contribution < 1.29 is 18.1 Å². The van der Waals surface area contributed by atoms with E-state index in [9.17, 15) is 23.3 Å². The molecule has 0 amide bonds. The largest absolute Gasteiger partial charge is 0.433 e. The minimum atomic E-state index is -4.59. The molecule has 0 atom stereocenters. The van der Waals surface area contributed by atoms with Gasteiger partial charge in [0.1, 0.15) is 11.5 Å². The van der Waals surface area contributed by atoms with Crippen LogP contribution in [0.1, 0.15) is 5.69 Å². The van der Waals surface area contributed by atoms with Gasteiger partial charge in [0.15, 0.2) is 5.69 Å². The van der Waals surface area contributed by atoms with Gasteiger partial charge in [-0.3, -0.25) is 10.1 Å². The molecule has 1 aliphatic heterocycles. The van der Waals surface area contributed by atoms with Crippen LogP contribution < -0.4 is 14.7 Å². The van der Waals surface area contributed by atoms with Crippen LogP contribution in [0.15, 0.2) is 24.3 Å². The standard InChI is InChI=1S/C17H18ClF3N6O2/c1-24(2)15-10-14(17(19,20)21)22-16(23-15)26-7-5-25(6-8-26)12-4-3-11(18)9-13(12)27(28)29/h3-4,9-10H,5-8H2,1-2H3. The van der Waals surface area contributed by atoms with Gasteiger partial charge in [-0.2, -0.15) is 18.2 Å². The van der Waals surface area contributed by atoms with Crippen molar-refractivity contribution in [3.8, 4) is 0 Å². The molecule has 29 heavy (non-hydrogen) atoms. The minimum absolute atomic E-state index is 0.0196. The van der Waals surface area contributed by atoms with Gasteiger partial charge in [-0.05, 0) is 12.1 Å². The number of anilines is 3. The number of aromatic nitrogens is 2. The molecular formula is C17H18ClF3N6O2. The third-order valence-electron chi connectivity index (χ3n) is 4.49. The maximum absolute atomic E-state index is 13.2. The zero-order valence-electron chi connectivity index (χ0n) is 15.6. The molecule has 1 fully saturated rings. The first-order valence-electron chi connectivity index (χ1n) is 8.63. The Morgan fingerprint density at radius 1 is 1.10 bits per heavy atom. The molecule has 8 nitrogen and oxygen atoms in total. The Bertz CT molecular complexity index is 917. The molecule has 0 spiro atoms. The number of nitro benzene ring substituents is 1. The molecule has 1 aromatic heterocycles. The minimum Gasteiger partial charge on any atom is -0.363 e. The summed E-state index contributed by atoms with van der Waals surface area (Å²) in [5.74, 6) is 0.131. The number of alkyl halides is 3. The Morgan fingerprint density at radius 2 is 1.72 bits per heavy atom. The first-order chi connectivity index (χ1) is 13.6. The summed E-state index contributed by atoms with van der Waals surface area (Å²) >= 11 is 5.85. The number of nitrogens with zero attached hydrogens (tertiary/aromatic N) is 6. The van der Waals surface area contributed by atoms with Crippen molar-refractivity contribution >= 4 is 34.7 Å². The molecule has 0 unspecified atom stereocenters. The van der Waals surface area contributed by atoms with Gasteiger partial charge in [-0.25, -0.2) is 4.98 Å². The predicted octanol–water partition coefficient (Wildman–Crippen LogP) is 3.45. The smallest absolute Gasteiger partial charge is 0.363 e. The molecule has 2 heterocycles. The molecular weight excluding hydrogens is 413 g/mol. The van der Waals surface area contributed by atoms with Crippen LogP contribution in [0.5, 0.6) is 0 Å². The van der Waals surface area contributed by atoms with Crippen LogP contribution in [-0.2, 0) is 6.18 Å². The summed E-state index contributed by atoms with van der Waals surface area (Å²) in [6.45, 7) is 1.35. The van der Waals surface area contributed by atoms with E-state index in [0.29, 0.717) is 31.9 Å². The number of nitro groups is 1. The van der Waals surface area contributed by atoms with Gasteiger partial charge in [0, 0.05) is 57.4 Å². The lowest BCUT2D eigenvalue weighted by Gasteiger charge is -2.36. The van der Waals surface area contributed by atoms with Gasteiger partial charge in [0.05, 0.1) is 4.92 Å². The zero-order valence-corrected chi connectivity index (χ0v) is 16.4. The number of hydrogen-bond donors (Lipinski definition) is 0. The number of halogens is 4. The highest BCUT2D eigenvalue weighted by Gasteiger charge is 2.35. The highest BCUT2D eigenvalue weighted by molar-refractivity contribution is 6.30. The van der Waals surface area contributed by atoms with Gasteiger partial charge in [0.2, 0.25) is 5.95 Å². The fourth-order valence-electron chi connectivity index (χ4n) is 3.00. The van der Waals surface area contributed by atoms with E-state index in [2.05, 4.69) is 9.97 Å². The van der Waals surface area contributed by atoms with E-state index in [-0.39, 0.29) is 22.5 Å². The predicted molar refractivity (Wildman–Crippen MR) is 104 cm³/mol. The van der Waals surface area contributed by atoms with Crippen molar-refractivity contribution in [2.45, 2.75) is 6.18 Å². The monoisotopic (exact) mass is 430 g/mol.